The van der Waals surface area contributed by atoms with Gasteiger partial charge in [0.05, 0.1) is 0 Å². The van der Waals surface area contributed by atoms with Crippen molar-refractivity contribution in [1.29, 1.82) is 0 Å². The molecule has 0 aromatic carbocycles. The smallest absolute Gasteiger partial charge is 0.229 e. The number of carbonyl (C=O) groups excluding carboxylic acids is 2. The van der Waals surface area contributed by atoms with E-state index in [9.17, 15) is 9.59 Å². The zero-order valence-electron chi connectivity index (χ0n) is 11.7. The van der Waals surface area contributed by atoms with E-state index in [2.05, 4.69) is 16.7 Å². The normalized spacial score (nSPS) is 16.1. The van der Waals surface area contributed by atoms with Crippen LogP contribution in [0.2, 0.25) is 0 Å². The van der Waals surface area contributed by atoms with Crippen LogP contribution in [0.4, 0.5) is 5.82 Å². The number of amides is 2. The molecule has 0 unspecified atom stereocenters. The maximum atomic E-state index is 11.8. The third-order valence-corrected chi connectivity index (χ3v) is 3.46. The van der Waals surface area contributed by atoms with Crippen molar-refractivity contribution in [3.63, 3.8) is 0 Å². The Hall–Kier alpha value is -2.17. The fourth-order valence-electron chi connectivity index (χ4n) is 2.43. The van der Waals surface area contributed by atoms with Crippen LogP contribution in [-0.4, -0.2) is 35.0 Å². The number of hydrogen-bond acceptors (Lipinski definition) is 3. The fraction of sp³-hybridized carbons (Fsp3) is 0.400. The Balaban J connectivity index is 2.10. The second-order valence-corrected chi connectivity index (χ2v) is 4.78. The number of likely N-dealkylation sites (tertiary alicyclic amines) is 1. The van der Waals surface area contributed by atoms with Gasteiger partial charge in [-0.3, -0.25) is 14.5 Å². The number of nitrogens with one attached hydrogen (secondary N) is 1. The Bertz CT molecular complexity index is 541. The number of rotatable bonds is 5. The predicted molar refractivity (Wildman–Crippen MR) is 79.0 cm³/mol. The lowest BCUT2D eigenvalue weighted by molar-refractivity contribution is -0.147. The second kappa shape index (κ2) is 6.32. The summed E-state index contributed by atoms with van der Waals surface area (Å²) in [5.41, 5.74) is 2.01. The molecule has 0 radical (unpaired) electrons. The summed E-state index contributed by atoms with van der Waals surface area (Å²) in [6.07, 6.45) is 7.99. The number of nitrogens with zero attached hydrogens (tertiary/aromatic N) is 2. The molecule has 2 amide bonds. The van der Waals surface area contributed by atoms with Crippen LogP contribution in [0.15, 0.2) is 17.3 Å². The van der Waals surface area contributed by atoms with Gasteiger partial charge in [-0.1, -0.05) is 12.2 Å². The topological polar surface area (TPSA) is 65.5 Å². The Morgan fingerprint density at radius 2 is 2.10 bits per heavy atom. The summed E-state index contributed by atoms with van der Waals surface area (Å²) < 4.78 is 0. The quantitative estimate of drug-likeness (QED) is 0.661. The Labute approximate surface area is 118 Å². The van der Waals surface area contributed by atoms with Gasteiger partial charge in [0.15, 0.2) is 0 Å². The molecular formula is C15H19N3O2. The molecule has 0 spiro atoms. The number of imide groups is 1. The number of aromatic amines is 1. The van der Waals surface area contributed by atoms with Crippen molar-refractivity contribution in [3.8, 4) is 0 Å². The number of aliphatic imine (C=N–C) groups is 1. The van der Waals surface area contributed by atoms with Gasteiger partial charge >= 0.3 is 0 Å². The molecule has 2 rings (SSSR count). The van der Waals surface area contributed by atoms with Gasteiger partial charge in [-0.05, 0) is 32.0 Å². The van der Waals surface area contributed by atoms with Gasteiger partial charge < -0.3 is 4.98 Å². The average molecular weight is 273 g/mol. The summed E-state index contributed by atoms with van der Waals surface area (Å²) in [7, 11) is 0. The SMILES string of the molecule is C=Nc1[nH]cc(CCN2C(=O)CCCC2=O)c1C=CC. The van der Waals surface area contributed by atoms with E-state index in [4.69, 9.17) is 0 Å². The van der Waals surface area contributed by atoms with Crippen LogP contribution in [0.5, 0.6) is 0 Å². The molecule has 0 atom stereocenters. The predicted octanol–water partition coefficient (Wildman–Crippen LogP) is 2.46. The summed E-state index contributed by atoms with van der Waals surface area (Å²) >= 11 is 0. The van der Waals surface area contributed by atoms with Gasteiger partial charge in [-0.2, -0.15) is 0 Å². The first kappa shape index (κ1) is 14.2. The summed E-state index contributed by atoms with van der Waals surface area (Å²) in [4.78, 5) is 31.9. The largest absolute Gasteiger partial charge is 0.346 e. The second-order valence-electron chi connectivity index (χ2n) is 4.78. The van der Waals surface area contributed by atoms with Crippen molar-refractivity contribution in [1.82, 2.24) is 9.88 Å². The zero-order chi connectivity index (χ0) is 14.5. The highest BCUT2D eigenvalue weighted by atomic mass is 16.2. The van der Waals surface area contributed by atoms with Gasteiger partial charge in [0.25, 0.3) is 0 Å². The first-order chi connectivity index (χ1) is 9.67. The summed E-state index contributed by atoms with van der Waals surface area (Å²) in [6.45, 7) is 5.89. The maximum absolute atomic E-state index is 11.8. The van der Waals surface area contributed by atoms with Gasteiger partial charge in [0.2, 0.25) is 11.8 Å². The molecule has 1 aliphatic rings. The minimum atomic E-state index is -0.0635. The van der Waals surface area contributed by atoms with Crippen LogP contribution in [-0.2, 0) is 16.0 Å². The summed E-state index contributed by atoms with van der Waals surface area (Å²) in [6, 6.07) is 0. The molecule has 0 aliphatic carbocycles. The van der Waals surface area contributed by atoms with Crippen LogP contribution < -0.4 is 0 Å². The van der Waals surface area contributed by atoms with E-state index in [1.54, 1.807) is 0 Å². The van der Waals surface area contributed by atoms with E-state index < -0.39 is 0 Å². The molecule has 1 aliphatic heterocycles. The lowest BCUT2D eigenvalue weighted by atomic mass is 10.1. The van der Waals surface area contributed by atoms with E-state index >= 15 is 0 Å². The highest BCUT2D eigenvalue weighted by molar-refractivity contribution is 5.97. The lowest BCUT2D eigenvalue weighted by Crippen LogP contribution is -2.41. The number of H-pyrrole nitrogens is 1. The minimum Gasteiger partial charge on any atom is -0.346 e. The van der Waals surface area contributed by atoms with E-state index in [0.29, 0.717) is 32.2 Å². The van der Waals surface area contributed by atoms with Gasteiger partial charge in [0, 0.05) is 31.1 Å². The molecule has 1 aromatic heterocycles. The molecule has 5 heteroatoms. The molecule has 1 fully saturated rings. The van der Waals surface area contributed by atoms with Crippen molar-refractivity contribution in [2.75, 3.05) is 6.54 Å². The minimum absolute atomic E-state index is 0.0635. The molecular weight excluding hydrogens is 254 g/mol. The van der Waals surface area contributed by atoms with Crippen molar-refractivity contribution < 1.29 is 9.59 Å². The first-order valence-electron chi connectivity index (χ1n) is 6.80. The lowest BCUT2D eigenvalue weighted by Gasteiger charge is -2.24. The number of carbonyl (C=O) groups is 2. The van der Waals surface area contributed by atoms with E-state index in [0.717, 1.165) is 16.9 Å². The molecule has 1 aromatic rings. The van der Waals surface area contributed by atoms with Crippen LogP contribution in [0, 0.1) is 0 Å². The highest BCUT2D eigenvalue weighted by Gasteiger charge is 2.25. The zero-order valence-corrected chi connectivity index (χ0v) is 11.7. The molecule has 5 nitrogen and oxygen atoms in total. The van der Waals surface area contributed by atoms with Crippen molar-refractivity contribution in [2.45, 2.75) is 32.6 Å². The van der Waals surface area contributed by atoms with Gasteiger partial charge in [-0.15, -0.1) is 0 Å². The van der Waals surface area contributed by atoms with Crippen molar-refractivity contribution >= 4 is 30.4 Å². The summed E-state index contributed by atoms with van der Waals surface area (Å²) in [5, 5.41) is 0. The van der Waals surface area contributed by atoms with E-state index in [-0.39, 0.29) is 11.8 Å². The Morgan fingerprint density at radius 3 is 2.70 bits per heavy atom. The molecule has 0 saturated carbocycles. The van der Waals surface area contributed by atoms with Gasteiger partial charge in [-0.25, -0.2) is 4.99 Å². The molecule has 1 saturated heterocycles. The number of aromatic nitrogens is 1. The van der Waals surface area contributed by atoms with Crippen molar-refractivity contribution in [3.05, 3.63) is 23.4 Å². The summed E-state index contributed by atoms with van der Waals surface area (Å²) in [5.74, 6) is 0.590. The standard InChI is InChI=1S/C15H19N3O2/c1-3-5-12-11(10-17-15(12)16-2)8-9-18-13(19)6-4-7-14(18)20/h3,5,10,17H,2,4,6-9H2,1H3. The monoisotopic (exact) mass is 273 g/mol. The molecule has 106 valence electrons. The van der Waals surface area contributed by atoms with Crippen LogP contribution >= 0.6 is 0 Å². The maximum Gasteiger partial charge on any atom is 0.229 e. The highest BCUT2D eigenvalue weighted by Crippen LogP contribution is 2.24. The third kappa shape index (κ3) is 2.87. The van der Waals surface area contributed by atoms with Crippen LogP contribution in [0.25, 0.3) is 6.08 Å². The molecule has 0 bridgehead atoms. The fourth-order valence-corrected chi connectivity index (χ4v) is 2.43. The van der Waals surface area contributed by atoms with E-state index in [1.165, 1.54) is 4.90 Å². The first-order valence-corrected chi connectivity index (χ1v) is 6.80. The number of hydrogen-bond donors (Lipinski definition) is 1. The average Bonchev–Trinajstić information content (AvgIpc) is 2.81. The molecule has 20 heavy (non-hydrogen) atoms. The van der Waals surface area contributed by atoms with Crippen LogP contribution in [0.1, 0.15) is 37.3 Å². The number of allylic oxidation sites excluding steroid dienone is 1. The van der Waals surface area contributed by atoms with Crippen molar-refractivity contribution in [2.24, 2.45) is 4.99 Å². The third-order valence-electron chi connectivity index (χ3n) is 3.46. The molecule has 2 heterocycles. The Kier molecular flexibility index (Phi) is 4.50. The number of piperidine rings is 1. The van der Waals surface area contributed by atoms with Gasteiger partial charge in [0.1, 0.15) is 5.82 Å². The molecule has 1 N–H and O–H groups in total. The van der Waals surface area contributed by atoms with E-state index in [1.807, 2.05) is 25.3 Å². The Morgan fingerprint density at radius 1 is 1.40 bits per heavy atom. The van der Waals surface area contributed by atoms with Crippen LogP contribution in [0.3, 0.4) is 0 Å².